The maximum Gasteiger partial charge on any atom is 0.239 e. The van der Waals surface area contributed by atoms with Gasteiger partial charge in [0.1, 0.15) is 5.92 Å². The Morgan fingerprint density at radius 3 is 2.77 bits per heavy atom. The Kier molecular flexibility index (Phi) is 6.40. The number of carbonyl (C=O) groups excluding carboxylic acids is 2. The Hall–Kier alpha value is -1.11. The van der Waals surface area contributed by atoms with E-state index >= 15 is 0 Å². The fourth-order valence-corrected chi connectivity index (χ4v) is 2.65. The van der Waals surface area contributed by atoms with E-state index in [1.165, 1.54) is 0 Å². The maximum absolute atomic E-state index is 12.4. The summed E-state index contributed by atoms with van der Waals surface area (Å²) >= 11 is 3.39. The largest absolute Gasteiger partial charge is 0.354 e. The molecule has 1 aromatic rings. The van der Waals surface area contributed by atoms with Gasteiger partial charge < -0.3 is 16.0 Å². The number of hydrogen-bond acceptors (Lipinski definition) is 3. The van der Waals surface area contributed by atoms with Gasteiger partial charge in [-0.2, -0.15) is 0 Å². The fourth-order valence-electron chi connectivity index (χ4n) is 2.26. The molecule has 22 heavy (non-hydrogen) atoms. The lowest BCUT2D eigenvalue weighted by molar-refractivity contribution is -0.132. The van der Waals surface area contributed by atoms with Crippen LogP contribution in [0.1, 0.15) is 20.3 Å². The standard InChI is InChI=1S/C15H20BrN3O2.ClH/c1-15(2,17)9-18-13(20)12-6-7-19(14(12)21)11-5-3-4-10(16)8-11;/h3-5,8,12H,6-7,9,17H2,1-2H3,(H,18,20);1H. The van der Waals surface area contributed by atoms with Crippen molar-refractivity contribution in [2.24, 2.45) is 11.7 Å². The SMILES string of the molecule is CC(C)(N)CNC(=O)C1CCN(c2cccc(Br)c2)C1=O.Cl. The van der Waals surface area contributed by atoms with Crippen LogP contribution in [0.2, 0.25) is 0 Å². The van der Waals surface area contributed by atoms with Crippen molar-refractivity contribution >= 4 is 45.8 Å². The summed E-state index contributed by atoms with van der Waals surface area (Å²) in [5.41, 5.74) is 6.16. The molecule has 1 saturated heterocycles. The first-order chi connectivity index (χ1) is 9.78. The Labute approximate surface area is 145 Å². The molecule has 2 amide bonds. The summed E-state index contributed by atoms with van der Waals surface area (Å²) in [7, 11) is 0. The molecule has 1 atom stereocenters. The van der Waals surface area contributed by atoms with Crippen LogP contribution in [0.25, 0.3) is 0 Å². The molecule has 0 saturated carbocycles. The smallest absolute Gasteiger partial charge is 0.239 e. The third kappa shape index (κ3) is 4.69. The van der Waals surface area contributed by atoms with E-state index in [1.807, 2.05) is 38.1 Å². The van der Waals surface area contributed by atoms with E-state index in [0.717, 1.165) is 10.2 Å². The topological polar surface area (TPSA) is 75.4 Å². The van der Waals surface area contributed by atoms with Gasteiger partial charge in [-0.1, -0.05) is 22.0 Å². The second-order valence-corrected chi connectivity index (χ2v) is 6.93. The van der Waals surface area contributed by atoms with Crippen LogP contribution in [0.15, 0.2) is 28.7 Å². The van der Waals surface area contributed by atoms with Crippen molar-refractivity contribution in [1.29, 1.82) is 0 Å². The number of halogens is 2. The van der Waals surface area contributed by atoms with Crippen molar-refractivity contribution in [1.82, 2.24) is 5.32 Å². The Morgan fingerprint density at radius 2 is 2.18 bits per heavy atom. The highest BCUT2D eigenvalue weighted by atomic mass is 79.9. The number of carbonyl (C=O) groups is 2. The third-order valence-corrected chi connectivity index (χ3v) is 3.85. The number of rotatable bonds is 4. The number of amides is 2. The van der Waals surface area contributed by atoms with Crippen LogP contribution in [0.3, 0.4) is 0 Å². The lowest BCUT2D eigenvalue weighted by Crippen LogP contribution is -2.47. The van der Waals surface area contributed by atoms with Gasteiger partial charge in [-0.15, -0.1) is 12.4 Å². The molecule has 0 bridgehead atoms. The van der Waals surface area contributed by atoms with Crippen molar-refractivity contribution in [3.8, 4) is 0 Å². The Bertz CT molecular complexity index is 560. The summed E-state index contributed by atoms with van der Waals surface area (Å²) in [4.78, 5) is 26.2. The van der Waals surface area contributed by atoms with Crippen molar-refractivity contribution < 1.29 is 9.59 Å². The van der Waals surface area contributed by atoms with Crippen molar-refractivity contribution in [2.45, 2.75) is 25.8 Å². The monoisotopic (exact) mass is 389 g/mol. The number of nitrogens with two attached hydrogens (primary N) is 1. The molecule has 0 aliphatic carbocycles. The summed E-state index contributed by atoms with van der Waals surface area (Å²) in [6.07, 6.45) is 0.530. The average Bonchev–Trinajstić information content (AvgIpc) is 2.77. The molecule has 2 rings (SSSR count). The fraction of sp³-hybridized carbons (Fsp3) is 0.467. The molecular weight excluding hydrogens is 370 g/mol. The van der Waals surface area contributed by atoms with Crippen LogP contribution in [0, 0.1) is 5.92 Å². The molecule has 122 valence electrons. The molecule has 1 aliphatic rings. The molecule has 5 nitrogen and oxygen atoms in total. The summed E-state index contributed by atoms with van der Waals surface area (Å²) < 4.78 is 0.908. The van der Waals surface area contributed by atoms with E-state index in [-0.39, 0.29) is 24.2 Å². The maximum atomic E-state index is 12.4. The lowest BCUT2D eigenvalue weighted by Gasteiger charge is -2.20. The lowest BCUT2D eigenvalue weighted by atomic mass is 10.0. The predicted molar refractivity (Wildman–Crippen MR) is 93.1 cm³/mol. The number of benzene rings is 1. The first-order valence-electron chi connectivity index (χ1n) is 6.91. The van der Waals surface area contributed by atoms with Crippen molar-refractivity contribution in [3.63, 3.8) is 0 Å². The third-order valence-electron chi connectivity index (χ3n) is 3.36. The van der Waals surface area contributed by atoms with Gasteiger partial charge in [0.25, 0.3) is 0 Å². The van der Waals surface area contributed by atoms with E-state index in [2.05, 4.69) is 21.2 Å². The average molecular weight is 391 g/mol. The van der Waals surface area contributed by atoms with Gasteiger partial charge >= 0.3 is 0 Å². The number of nitrogens with zero attached hydrogens (tertiary/aromatic N) is 1. The second-order valence-electron chi connectivity index (χ2n) is 6.02. The van der Waals surface area contributed by atoms with Crippen LogP contribution in [-0.2, 0) is 9.59 Å². The summed E-state index contributed by atoms with van der Waals surface area (Å²) in [5.74, 6) is -1.01. The Balaban J connectivity index is 0.00000242. The molecule has 1 aliphatic heterocycles. The van der Waals surface area contributed by atoms with Gasteiger partial charge in [0.15, 0.2) is 0 Å². The van der Waals surface area contributed by atoms with Crippen LogP contribution in [0.4, 0.5) is 5.69 Å². The van der Waals surface area contributed by atoms with E-state index in [0.29, 0.717) is 19.5 Å². The Morgan fingerprint density at radius 1 is 1.50 bits per heavy atom. The number of anilines is 1. The van der Waals surface area contributed by atoms with Crippen LogP contribution in [-0.4, -0.2) is 30.4 Å². The van der Waals surface area contributed by atoms with Gasteiger partial charge in [0.2, 0.25) is 11.8 Å². The summed E-state index contributed by atoms with van der Waals surface area (Å²) in [5, 5.41) is 2.76. The molecular formula is C15H21BrClN3O2. The normalized spacial score (nSPS) is 18.1. The van der Waals surface area contributed by atoms with Gasteiger partial charge in [-0.3, -0.25) is 9.59 Å². The van der Waals surface area contributed by atoms with Gasteiger partial charge in [-0.05, 0) is 38.5 Å². The summed E-state index contributed by atoms with van der Waals surface area (Å²) in [6, 6.07) is 7.52. The minimum absolute atomic E-state index is 0. The molecule has 0 spiro atoms. The molecule has 1 fully saturated rings. The van der Waals surface area contributed by atoms with Crippen LogP contribution >= 0.6 is 28.3 Å². The zero-order chi connectivity index (χ0) is 15.6. The number of nitrogens with one attached hydrogen (secondary N) is 1. The molecule has 1 aromatic carbocycles. The molecule has 7 heteroatoms. The van der Waals surface area contributed by atoms with Crippen LogP contribution in [0.5, 0.6) is 0 Å². The van der Waals surface area contributed by atoms with Gasteiger partial charge in [0.05, 0.1) is 0 Å². The van der Waals surface area contributed by atoms with Gasteiger partial charge in [0, 0.05) is 28.8 Å². The molecule has 0 aromatic heterocycles. The summed E-state index contributed by atoms with van der Waals surface area (Å²) in [6.45, 7) is 4.57. The van der Waals surface area contributed by atoms with Crippen molar-refractivity contribution in [2.75, 3.05) is 18.0 Å². The quantitative estimate of drug-likeness (QED) is 0.773. The predicted octanol–water partition coefficient (Wildman–Crippen LogP) is 2.08. The molecule has 1 unspecified atom stereocenters. The van der Waals surface area contributed by atoms with Crippen molar-refractivity contribution in [3.05, 3.63) is 28.7 Å². The molecule has 0 radical (unpaired) electrons. The minimum Gasteiger partial charge on any atom is -0.354 e. The highest BCUT2D eigenvalue weighted by molar-refractivity contribution is 9.10. The molecule has 1 heterocycles. The van der Waals surface area contributed by atoms with E-state index in [1.54, 1.807) is 4.90 Å². The van der Waals surface area contributed by atoms with E-state index in [4.69, 9.17) is 5.73 Å². The number of hydrogen-bond donors (Lipinski definition) is 2. The van der Waals surface area contributed by atoms with E-state index in [9.17, 15) is 9.59 Å². The van der Waals surface area contributed by atoms with Crippen LogP contribution < -0.4 is 16.0 Å². The minimum atomic E-state index is -0.619. The second kappa shape index (κ2) is 7.44. The zero-order valence-corrected chi connectivity index (χ0v) is 15.0. The first-order valence-corrected chi connectivity index (χ1v) is 7.71. The molecule has 3 N–H and O–H groups in total. The van der Waals surface area contributed by atoms with Gasteiger partial charge in [-0.25, -0.2) is 0 Å². The van der Waals surface area contributed by atoms with E-state index < -0.39 is 11.5 Å². The highest BCUT2D eigenvalue weighted by Crippen LogP contribution is 2.27. The highest BCUT2D eigenvalue weighted by Gasteiger charge is 2.37. The first kappa shape index (κ1) is 18.9. The zero-order valence-electron chi connectivity index (χ0n) is 12.6.